The van der Waals surface area contributed by atoms with Gasteiger partial charge in [0.25, 0.3) is 0 Å². The number of nitrogens with zero attached hydrogens (tertiary/aromatic N) is 3. The number of H-pyrrole nitrogens is 1. The fourth-order valence-corrected chi connectivity index (χ4v) is 3.15. The summed E-state index contributed by atoms with van der Waals surface area (Å²) in [4.78, 5) is 23.7. The summed E-state index contributed by atoms with van der Waals surface area (Å²) in [7, 11) is 0. The number of rotatable bonds is 10. The molecule has 0 unspecified atom stereocenters. The van der Waals surface area contributed by atoms with Gasteiger partial charge in [-0.25, -0.2) is 4.79 Å². The molecule has 1 fully saturated rings. The first kappa shape index (κ1) is 18.7. The monoisotopic (exact) mass is 363 g/mol. The Balaban J connectivity index is 1.61. The molecule has 9 heteroatoms. The van der Waals surface area contributed by atoms with Crippen LogP contribution in [-0.4, -0.2) is 51.9 Å². The van der Waals surface area contributed by atoms with Crippen LogP contribution < -0.4 is 22.1 Å². The highest BCUT2D eigenvalue weighted by molar-refractivity contribution is 5.82. The van der Waals surface area contributed by atoms with E-state index in [2.05, 4.69) is 32.5 Å². The lowest BCUT2D eigenvalue weighted by Crippen LogP contribution is -2.28. The lowest BCUT2D eigenvalue weighted by molar-refractivity contribution is 0.110. The summed E-state index contributed by atoms with van der Waals surface area (Å²) < 4.78 is 7.22. The molecule has 1 aliphatic heterocycles. The van der Waals surface area contributed by atoms with E-state index in [1.165, 1.54) is 0 Å². The maximum absolute atomic E-state index is 12.3. The number of hydrogen-bond acceptors (Lipinski definition) is 7. The molecule has 5 N–H and O–H groups in total. The predicted octanol–water partition coefficient (Wildman–Crippen LogP) is 1.07. The Kier molecular flexibility index (Phi) is 6.45. The van der Waals surface area contributed by atoms with Crippen molar-refractivity contribution in [1.29, 1.82) is 0 Å². The van der Waals surface area contributed by atoms with E-state index in [1.54, 1.807) is 4.57 Å². The van der Waals surface area contributed by atoms with Gasteiger partial charge in [0.2, 0.25) is 5.95 Å². The number of unbranched alkanes of at least 4 members (excludes halogenated alkanes) is 1. The average molecular weight is 363 g/mol. The van der Waals surface area contributed by atoms with Crippen LogP contribution in [0.25, 0.3) is 11.2 Å². The molecule has 26 heavy (non-hydrogen) atoms. The Morgan fingerprint density at radius 2 is 2.23 bits per heavy atom. The van der Waals surface area contributed by atoms with E-state index in [0.29, 0.717) is 35.6 Å². The summed E-state index contributed by atoms with van der Waals surface area (Å²) in [6, 6.07) is 0. The molecule has 1 aliphatic rings. The molecule has 1 atom stereocenters. The van der Waals surface area contributed by atoms with Gasteiger partial charge >= 0.3 is 5.69 Å². The van der Waals surface area contributed by atoms with Crippen LogP contribution in [0, 0.1) is 0 Å². The van der Waals surface area contributed by atoms with Crippen molar-refractivity contribution >= 4 is 22.9 Å². The predicted molar refractivity (Wildman–Crippen MR) is 102 cm³/mol. The minimum absolute atomic E-state index is 0.203. The molecule has 0 radical (unpaired) electrons. The first-order valence-corrected chi connectivity index (χ1v) is 9.51. The molecule has 3 rings (SSSR count). The van der Waals surface area contributed by atoms with Gasteiger partial charge in [0.15, 0.2) is 11.5 Å². The van der Waals surface area contributed by atoms with Gasteiger partial charge in [-0.3, -0.25) is 4.57 Å². The zero-order valence-corrected chi connectivity index (χ0v) is 15.4. The Bertz CT molecular complexity index is 764. The van der Waals surface area contributed by atoms with Gasteiger partial charge in [0.05, 0.1) is 6.10 Å². The van der Waals surface area contributed by atoms with E-state index in [-0.39, 0.29) is 5.69 Å². The van der Waals surface area contributed by atoms with E-state index in [0.717, 1.165) is 58.3 Å². The van der Waals surface area contributed by atoms with Gasteiger partial charge in [-0.2, -0.15) is 9.97 Å². The van der Waals surface area contributed by atoms with E-state index in [1.807, 2.05) is 0 Å². The number of nitrogen functional groups attached to an aromatic ring is 1. The normalized spacial score (nSPS) is 17.2. The second kappa shape index (κ2) is 9.00. The number of ether oxygens (including phenoxy) is 1. The maximum atomic E-state index is 12.3. The lowest BCUT2D eigenvalue weighted by Gasteiger charge is -2.11. The van der Waals surface area contributed by atoms with Crippen LogP contribution in [0.3, 0.4) is 0 Å². The topological polar surface area (TPSA) is 123 Å². The smallest absolute Gasteiger partial charge is 0.327 e. The standard InChI is InChI=1S/C17H29N7O2/c1-2-3-8-20-16-22-14(18)13-15(23-16)24(17(25)21-13)9-5-7-19-11-12-6-4-10-26-12/h12,19H,2-11H2,1H3,(H,21,25)(H3,18,20,22,23)/t12-/m1/s1. The van der Waals surface area contributed by atoms with Crippen LogP contribution in [0.2, 0.25) is 0 Å². The van der Waals surface area contributed by atoms with Crippen molar-refractivity contribution in [3.63, 3.8) is 0 Å². The van der Waals surface area contributed by atoms with Gasteiger partial charge in [0, 0.05) is 26.2 Å². The number of nitrogens with one attached hydrogen (secondary N) is 3. The van der Waals surface area contributed by atoms with Gasteiger partial charge < -0.3 is 26.1 Å². The summed E-state index contributed by atoms with van der Waals surface area (Å²) in [6.45, 7) is 6.03. The van der Waals surface area contributed by atoms with Crippen LogP contribution in [0.1, 0.15) is 39.0 Å². The van der Waals surface area contributed by atoms with Crippen molar-refractivity contribution in [1.82, 2.24) is 24.8 Å². The molecule has 0 aromatic carbocycles. The molecule has 3 heterocycles. The van der Waals surface area contributed by atoms with Gasteiger partial charge in [0.1, 0.15) is 5.52 Å². The zero-order chi connectivity index (χ0) is 18.4. The highest BCUT2D eigenvalue weighted by Gasteiger charge is 2.15. The fourth-order valence-electron chi connectivity index (χ4n) is 3.15. The van der Waals surface area contributed by atoms with Crippen LogP contribution >= 0.6 is 0 Å². The Morgan fingerprint density at radius 3 is 3.00 bits per heavy atom. The number of nitrogens with two attached hydrogens (primary N) is 1. The van der Waals surface area contributed by atoms with E-state index >= 15 is 0 Å². The largest absolute Gasteiger partial charge is 0.382 e. The lowest BCUT2D eigenvalue weighted by atomic mass is 10.2. The summed E-state index contributed by atoms with van der Waals surface area (Å²) in [6.07, 6.45) is 5.53. The van der Waals surface area contributed by atoms with Crippen molar-refractivity contribution in [2.24, 2.45) is 0 Å². The number of aromatic nitrogens is 4. The first-order valence-electron chi connectivity index (χ1n) is 9.51. The SMILES string of the molecule is CCCCNc1nc(N)c2[nH]c(=O)n(CCCNC[C@H]3CCCO3)c2n1. The van der Waals surface area contributed by atoms with Gasteiger partial charge in [-0.15, -0.1) is 0 Å². The highest BCUT2D eigenvalue weighted by Crippen LogP contribution is 2.16. The molecule has 2 aromatic heterocycles. The Hall–Kier alpha value is -2.13. The molecule has 2 aromatic rings. The summed E-state index contributed by atoms with van der Waals surface area (Å²) >= 11 is 0. The summed E-state index contributed by atoms with van der Waals surface area (Å²) in [5.74, 6) is 0.758. The molecule has 0 aliphatic carbocycles. The number of fused-ring (bicyclic) bond motifs is 1. The quantitative estimate of drug-likeness (QED) is 0.466. The molecule has 1 saturated heterocycles. The van der Waals surface area contributed by atoms with Crippen molar-refractivity contribution in [2.75, 3.05) is 37.3 Å². The Morgan fingerprint density at radius 1 is 1.35 bits per heavy atom. The molecule has 144 valence electrons. The average Bonchev–Trinajstić information content (AvgIpc) is 3.24. The molecule has 9 nitrogen and oxygen atoms in total. The maximum Gasteiger partial charge on any atom is 0.327 e. The number of imidazole rings is 1. The van der Waals surface area contributed by atoms with Crippen molar-refractivity contribution < 1.29 is 4.74 Å². The third-order valence-electron chi connectivity index (χ3n) is 4.60. The fraction of sp³-hybridized carbons (Fsp3) is 0.706. The van der Waals surface area contributed by atoms with Crippen molar-refractivity contribution in [3.05, 3.63) is 10.5 Å². The number of aromatic amines is 1. The molecular formula is C17H29N7O2. The Labute approximate surface area is 152 Å². The molecular weight excluding hydrogens is 334 g/mol. The van der Waals surface area contributed by atoms with Gasteiger partial charge in [-0.1, -0.05) is 13.3 Å². The molecule has 0 bridgehead atoms. The summed E-state index contributed by atoms with van der Waals surface area (Å²) in [5.41, 5.74) is 6.85. The first-order chi connectivity index (χ1) is 12.7. The minimum Gasteiger partial charge on any atom is -0.382 e. The highest BCUT2D eigenvalue weighted by atomic mass is 16.5. The number of anilines is 2. The van der Waals surface area contributed by atoms with E-state index in [4.69, 9.17) is 10.5 Å². The van der Waals surface area contributed by atoms with Crippen LogP contribution in [0.4, 0.5) is 11.8 Å². The minimum atomic E-state index is -0.203. The number of hydrogen-bond donors (Lipinski definition) is 4. The van der Waals surface area contributed by atoms with Gasteiger partial charge in [-0.05, 0) is 32.2 Å². The summed E-state index contributed by atoms with van der Waals surface area (Å²) in [5, 5.41) is 6.56. The van der Waals surface area contributed by atoms with E-state index < -0.39 is 0 Å². The van der Waals surface area contributed by atoms with Crippen molar-refractivity contribution in [3.8, 4) is 0 Å². The molecule has 0 amide bonds. The molecule has 0 spiro atoms. The van der Waals surface area contributed by atoms with Crippen LogP contribution in [-0.2, 0) is 11.3 Å². The zero-order valence-electron chi connectivity index (χ0n) is 15.4. The number of aryl methyl sites for hydroxylation is 1. The molecule has 0 saturated carbocycles. The second-order valence-corrected chi connectivity index (χ2v) is 6.69. The van der Waals surface area contributed by atoms with E-state index in [9.17, 15) is 4.79 Å². The third kappa shape index (κ3) is 4.53. The van der Waals surface area contributed by atoms with Crippen LogP contribution in [0.15, 0.2) is 4.79 Å². The second-order valence-electron chi connectivity index (χ2n) is 6.69. The van der Waals surface area contributed by atoms with Crippen LogP contribution in [0.5, 0.6) is 0 Å². The van der Waals surface area contributed by atoms with Crippen molar-refractivity contribution in [2.45, 2.75) is 51.7 Å². The third-order valence-corrected chi connectivity index (χ3v) is 4.60.